The van der Waals surface area contributed by atoms with Crippen molar-refractivity contribution in [1.82, 2.24) is 140 Å². The fourth-order valence-electron chi connectivity index (χ4n) is 13.4. The van der Waals surface area contributed by atoms with Crippen LogP contribution in [-0.4, -0.2) is 207 Å². The summed E-state index contributed by atoms with van der Waals surface area (Å²) in [5, 5.41) is 58.2. The largest absolute Gasteiger partial charge is 0.498 e. The molecule has 16 heterocycles. The van der Waals surface area contributed by atoms with E-state index in [0.717, 1.165) is 44.4 Å². The Bertz CT molecular complexity index is 6500. The number of nitrogen functional groups attached to an aromatic ring is 1. The normalized spacial score (nSPS) is 14.2. The number of H-pyrrole nitrogens is 1. The molecule has 15 aromatic heterocycles. The number of amides is 2. The summed E-state index contributed by atoms with van der Waals surface area (Å²) in [7, 11) is -0.285. The number of carbonyl (C=O) groups excluding carboxylic acids is 5. The summed E-state index contributed by atoms with van der Waals surface area (Å²) in [6, 6.07) is 35.5. The van der Waals surface area contributed by atoms with Gasteiger partial charge in [0.2, 0.25) is 17.5 Å². The first-order valence-corrected chi connectivity index (χ1v) is 45.2. The molecule has 0 aromatic carbocycles. The van der Waals surface area contributed by atoms with Gasteiger partial charge in [-0.3, -0.25) is 43.1 Å². The van der Waals surface area contributed by atoms with E-state index in [4.69, 9.17) is 24.5 Å². The molecular weight excluding hydrogens is 1750 g/mol. The number of ether oxygens (including phenoxy) is 3. The fraction of sp³-hybridized carbons (Fsp3) is 0.362. The Hall–Kier alpha value is -15.8. The highest BCUT2D eigenvalue weighted by molar-refractivity contribution is 6.62. The van der Waals surface area contributed by atoms with Gasteiger partial charge in [-0.05, 0) is 287 Å². The summed E-state index contributed by atoms with van der Waals surface area (Å²) in [4.78, 5) is 102. The number of esters is 3. The van der Waals surface area contributed by atoms with Gasteiger partial charge in [-0.25, -0.2) is 53.3 Å². The molecule has 137 heavy (non-hydrogen) atoms. The maximum absolute atomic E-state index is 12.8. The fourth-order valence-corrected chi connectivity index (χ4v) is 13.4. The van der Waals surface area contributed by atoms with Crippen LogP contribution in [0.4, 0.5) is 17.5 Å². The number of rotatable bonds is 24. The van der Waals surface area contributed by atoms with Crippen molar-refractivity contribution in [3.63, 3.8) is 0 Å². The number of aryl methyl sites for hydroxylation is 1. The first-order valence-electron chi connectivity index (χ1n) is 45.2. The van der Waals surface area contributed by atoms with Crippen molar-refractivity contribution >= 4 is 59.8 Å². The minimum absolute atomic E-state index is 0.0845. The molecule has 0 spiro atoms. The van der Waals surface area contributed by atoms with Crippen molar-refractivity contribution in [3.8, 4) is 67.9 Å². The summed E-state index contributed by atoms with van der Waals surface area (Å²) in [6.45, 7) is 28.4. The molecule has 1 saturated heterocycles. The van der Waals surface area contributed by atoms with E-state index in [0.29, 0.717) is 119 Å². The molecule has 20 rings (SSSR count). The summed E-state index contributed by atoms with van der Waals surface area (Å²) in [5.41, 5.74) is 15.8. The van der Waals surface area contributed by atoms with E-state index in [1.807, 2.05) is 147 Å². The van der Waals surface area contributed by atoms with Gasteiger partial charge in [0.25, 0.3) is 11.8 Å². The molecule has 0 atom stereocenters. The summed E-state index contributed by atoms with van der Waals surface area (Å²) in [5.74, 6) is 1.04. The predicted octanol–water partition coefficient (Wildman–Crippen LogP) is 13.3. The van der Waals surface area contributed by atoms with E-state index in [2.05, 4.69) is 156 Å². The van der Waals surface area contributed by atoms with Crippen molar-refractivity contribution in [1.29, 1.82) is 0 Å². The summed E-state index contributed by atoms with van der Waals surface area (Å²) in [6.07, 6.45) is 32.8. The average Bonchev–Trinajstić information content (AvgIpc) is 1.61. The number of nitrogens with two attached hydrogens (primary N) is 1. The lowest BCUT2D eigenvalue weighted by Gasteiger charge is -2.32. The highest BCUT2D eigenvalue weighted by atomic mass is 16.7. The molecule has 1 aliphatic heterocycles. The van der Waals surface area contributed by atoms with Crippen molar-refractivity contribution in [2.75, 3.05) is 36.2 Å². The van der Waals surface area contributed by atoms with Crippen LogP contribution >= 0.6 is 0 Å². The molecule has 4 aliphatic carbocycles. The van der Waals surface area contributed by atoms with Gasteiger partial charge >= 0.3 is 25.0 Å². The smallest absolute Gasteiger partial charge is 0.461 e. The number of anilines is 3. The Morgan fingerprint density at radius 3 is 1.20 bits per heavy atom. The Kier molecular flexibility index (Phi) is 31.5. The zero-order valence-corrected chi connectivity index (χ0v) is 78.5. The topological polar surface area (TPSA) is 507 Å². The van der Waals surface area contributed by atoms with Gasteiger partial charge in [0.05, 0.1) is 91.9 Å². The lowest BCUT2D eigenvalue weighted by Crippen LogP contribution is -2.41. The molecule has 4 saturated carbocycles. The van der Waals surface area contributed by atoms with E-state index in [1.165, 1.54) is 69.7 Å². The molecule has 0 unspecified atom stereocenters. The average molecular weight is 1860 g/mol. The minimum Gasteiger partial charge on any atom is -0.461 e. The van der Waals surface area contributed by atoms with E-state index < -0.39 is 5.97 Å². The maximum Gasteiger partial charge on any atom is 0.498 e. The molecule has 42 nitrogen and oxygen atoms in total. The van der Waals surface area contributed by atoms with Gasteiger partial charge in [0.15, 0.2) is 5.43 Å². The summed E-state index contributed by atoms with van der Waals surface area (Å²) >= 11 is 0. The Morgan fingerprint density at radius 2 is 0.818 bits per heavy atom. The SMILES string of the molecule is CC(C)n1nnnc1-c1cccc(N)n1.CC(C)n1nnnc1-c1cccc(NC(=O)c2cc(-c3cnn(C4CC4)c3)ccn2)n1.CC(C)n1nnnc1-c1cccc(NC(=O)c2cc(-c3cnn(C4CC4)c3)ccn2)n1.CC1(C)OB(c2cnn(C3CC3)c2)OC1(C)C.CCOC(=O)c1cc(-c2cnn(C3CC3)c2)ccn1.CCOC(=O)c1cc(=O)cc[nH]1.CCOC(=O)c1cc(C)ccn1. The monoisotopic (exact) mass is 1860 g/mol. The first kappa shape index (κ1) is 97.2. The molecule has 5 fully saturated rings. The van der Waals surface area contributed by atoms with Gasteiger partial charge in [0.1, 0.15) is 63.0 Å². The van der Waals surface area contributed by atoms with Gasteiger partial charge in [-0.2, -0.15) is 20.4 Å². The number of nitrogens with one attached hydrogen (secondary N) is 3. The number of tetrazole rings is 3. The molecule has 5 N–H and O–H groups in total. The van der Waals surface area contributed by atoms with Crippen molar-refractivity contribution in [2.45, 2.75) is 202 Å². The molecule has 2 amide bonds. The lowest BCUT2D eigenvalue weighted by molar-refractivity contribution is 0.00578. The Labute approximate surface area is 788 Å². The van der Waals surface area contributed by atoms with Crippen LogP contribution in [0, 0.1) is 6.92 Å². The molecule has 0 bridgehead atoms. The molecule has 708 valence electrons. The number of pyridine rings is 8. The Balaban J connectivity index is 0.000000132. The molecule has 0 radical (unpaired) electrons. The predicted molar refractivity (Wildman–Crippen MR) is 506 cm³/mol. The van der Waals surface area contributed by atoms with Crippen LogP contribution in [0.25, 0.3) is 67.9 Å². The maximum atomic E-state index is 12.8. The third-order valence-corrected chi connectivity index (χ3v) is 21.9. The van der Waals surface area contributed by atoms with E-state index in [-0.39, 0.29) is 71.3 Å². The highest BCUT2D eigenvalue weighted by Gasteiger charge is 2.52. The standard InChI is InChI=1S/2C21H21N9O.C14H15N3O2.C12H19BN2O2.C9H12N6.C9H11NO2.C8H9NO3/c2*1-13(2)30-20(26-27-28-30)17-4-3-5-19(24-17)25-21(31)18-10-14(8-9-22-18)15-11-23-29(12-15)16-6-7-16;1-2-19-14(18)13-7-10(5-6-15-13)11-8-16-17(9-11)12-3-4-12;1-11(2)12(3,4)17-13(16-11)9-7-14-15(8-9)10-5-6-10;1-6(2)15-9(12-13-14-15)7-4-3-5-8(10)11-7;1-3-12-9(11)8-6-7(2)4-5-10-8;1-2-12-8(11)7-5-6(10)3-4-9-7/h2*3-5,8-13,16H,6-7H2,1-2H3,(H,24,25,31);5-9,12H,2-4H2,1H3;7-8,10H,5-6H2,1-4H3;3-6H,1-2H3,(H2,10,11);4-6H,3H2,1-2H3;3-5H,2H2,1H3,(H,9,10). The zero-order chi connectivity index (χ0) is 97.0. The third-order valence-electron chi connectivity index (χ3n) is 21.9. The van der Waals surface area contributed by atoms with E-state index >= 15 is 0 Å². The van der Waals surface area contributed by atoms with Crippen LogP contribution in [-0.2, 0) is 23.5 Å². The third kappa shape index (κ3) is 26.0. The van der Waals surface area contributed by atoms with E-state index in [1.54, 1.807) is 126 Å². The van der Waals surface area contributed by atoms with Crippen LogP contribution in [0.15, 0.2) is 201 Å². The molecule has 15 aromatic rings. The second-order valence-electron chi connectivity index (χ2n) is 34.3. The van der Waals surface area contributed by atoms with Gasteiger partial charge in [0, 0.05) is 96.3 Å². The molecule has 43 heteroatoms. The quantitative estimate of drug-likeness (QED) is 0.0248. The van der Waals surface area contributed by atoms with Crippen molar-refractivity contribution in [3.05, 3.63) is 240 Å². The second kappa shape index (κ2) is 44.4. The van der Waals surface area contributed by atoms with Gasteiger partial charge in [-0.1, -0.05) is 18.2 Å². The van der Waals surface area contributed by atoms with Crippen molar-refractivity contribution < 1.29 is 47.5 Å². The second-order valence-corrected chi connectivity index (χ2v) is 34.3. The molecule has 5 aliphatic rings. The number of aromatic amines is 1. The Morgan fingerprint density at radius 1 is 0.453 bits per heavy atom. The number of hydrogen-bond donors (Lipinski definition) is 4. The van der Waals surface area contributed by atoms with Crippen LogP contribution in [0.2, 0.25) is 0 Å². The number of aromatic nitrogens is 28. The molecular formula is C94H108BN31O11. The number of carbonyl (C=O) groups is 5. The first-order chi connectivity index (χ1) is 66.0. The van der Waals surface area contributed by atoms with Crippen LogP contribution < -0.4 is 27.3 Å². The van der Waals surface area contributed by atoms with Gasteiger partial charge < -0.3 is 44.9 Å². The van der Waals surface area contributed by atoms with Crippen LogP contribution in [0.1, 0.15) is 242 Å². The van der Waals surface area contributed by atoms with Gasteiger partial charge in [-0.15, -0.1) is 15.3 Å². The summed E-state index contributed by atoms with van der Waals surface area (Å²) < 4.78 is 39.4. The number of hydrogen-bond acceptors (Lipinski definition) is 32. The highest BCUT2D eigenvalue weighted by Crippen LogP contribution is 2.40. The zero-order valence-electron chi connectivity index (χ0n) is 78.5. The van der Waals surface area contributed by atoms with Crippen LogP contribution in [0.3, 0.4) is 0 Å². The van der Waals surface area contributed by atoms with Crippen molar-refractivity contribution in [2.24, 2.45) is 0 Å². The minimum atomic E-state index is -0.504. The number of nitrogens with zero attached hydrogens (tertiary/aromatic N) is 27. The van der Waals surface area contributed by atoms with E-state index in [9.17, 15) is 28.8 Å². The van der Waals surface area contributed by atoms with Crippen LogP contribution in [0.5, 0.6) is 0 Å². The lowest BCUT2D eigenvalue weighted by atomic mass is 9.82.